The van der Waals surface area contributed by atoms with Gasteiger partial charge in [0.05, 0.1) is 24.0 Å². The van der Waals surface area contributed by atoms with Gasteiger partial charge in [-0.25, -0.2) is 13.1 Å². The molecule has 0 saturated carbocycles. The summed E-state index contributed by atoms with van der Waals surface area (Å²) in [5, 5.41) is 22.4. The Labute approximate surface area is 236 Å². The fraction of sp³-hybridized carbons (Fsp3) is 0.400. The monoisotopic (exact) mass is 569 g/mol. The van der Waals surface area contributed by atoms with Gasteiger partial charge in [-0.15, -0.1) is 0 Å². The van der Waals surface area contributed by atoms with E-state index in [0.717, 1.165) is 36.1 Å². The van der Waals surface area contributed by atoms with Crippen LogP contribution in [0.3, 0.4) is 0 Å². The second-order valence-corrected chi connectivity index (χ2v) is 11.9. The quantitative estimate of drug-likeness (QED) is 0.192. The summed E-state index contributed by atoms with van der Waals surface area (Å²) < 4.78 is 32.3. The number of nitrogens with zero attached hydrogens (tertiary/aromatic N) is 1. The smallest absolute Gasteiger partial charge is 0.268 e. The number of nitrogens with one attached hydrogen (secondary N) is 2. The van der Waals surface area contributed by atoms with Gasteiger partial charge >= 0.3 is 0 Å². The fourth-order valence-corrected chi connectivity index (χ4v) is 4.98. The average Bonchev–Trinajstić information content (AvgIpc) is 2.95. The zero-order valence-corrected chi connectivity index (χ0v) is 23.9. The number of carbonyl (C=O) groups excluding carboxylic acids is 1. The molecule has 0 aliphatic rings. The van der Waals surface area contributed by atoms with Crippen LogP contribution in [0.4, 0.5) is 0 Å². The van der Waals surface area contributed by atoms with E-state index in [2.05, 4.69) is 27.2 Å². The molecule has 0 saturated heterocycles. The standard InChI is InChI=1S/C30H39N3O6S/c1-22(2)21-39-29-18-25(12-13-27(29)30(36)33-40(37,38)17-5-16-34)24-10-8-23(9-11-24)6-3-14-32-20-28(35)26-7-4-15-31-19-26/h4,7-13,15,18-19,22,28,32,34-35H,3,5-6,14,16-17,20-21H2,1-2H3,(H,33,36)/t28-/m1/s1. The van der Waals surface area contributed by atoms with Crippen molar-refractivity contribution in [3.63, 3.8) is 0 Å². The normalized spacial score (nSPS) is 12.3. The van der Waals surface area contributed by atoms with E-state index in [1.54, 1.807) is 30.6 Å². The second kappa shape index (κ2) is 15.5. The first-order valence-corrected chi connectivity index (χ1v) is 15.1. The van der Waals surface area contributed by atoms with E-state index in [0.29, 0.717) is 18.9 Å². The summed E-state index contributed by atoms with van der Waals surface area (Å²) >= 11 is 0. The number of benzene rings is 2. The van der Waals surface area contributed by atoms with Gasteiger partial charge in [-0.3, -0.25) is 9.78 Å². The van der Waals surface area contributed by atoms with Crippen LogP contribution >= 0.6 is 0 Å². The number of amides is 1. The van der Waals surface area contributed by atoms with Crippen molar-refractivity contribution in [3.8, 4) is 16.9 Å². The zero-order valence-electron chi connectivity index (χ0n) is 23.0. The maximum atomic E-state index is 12.8. The summed E-state index contributed by atoms with van der Waals surface area (Å²) in [7, 11) is -3.87. The van der Waals surface area contributed by atoms with Crippen molar-refractivity contribution in [3.05, 3.63) is 83.7 Å². The van der Waals surface area contributed by atoms with Crippen LogP contribution in [0.2, 0.25) is 0 Å². The Kier molecular flexibility index (Phi) is 12.1. The van der Waals surface area contributed by atoms with Gasteiger partial charge < -0.3 is 20.3 Å². The van der Waals surface area contributed by atoms with Gasteiger partial charge in [0.2, 0.25) is 10.0 Å². The molecule has 0 bridgehead atoms. The maximum absolute atomic E-state index is 12.8. The minimum Gasteiger partial charge on any atom is -0.492 e. The number of aromatic nitrogens is 1. The van der Waals surface area contributed by atoms with Crippen molar-refractivity contribution >= 4 is 15.9 Å². The summed E-state index contributed by atoms with van der Waals surface area (Å²) in [4.78, 5) is 16.8. The summed E-state index contributed by atoms with van der Waals surface area (Å²) in [5.41, 5.74) is 3.89. The molecule has 10 heteroatoms. The topological polar surface area (TPSA) is 138 Å². The van der Waals surface area contributed by atoms with Gasteiger partial charge in [0.25, 0.3) is 5.91 Å². The highest BCUT2D eigenvalue weighted by Crippen LogP contribution is 2.28. The maximum Gasteiger partial charge on any atom is 0.268 e. The molecular formula is C30H39N3O6S. The fourth-order valence-electron chi connectivity index (χ4n) is 3.98. The Balaban J connectivity index is 1.61. The van der Waals surface area contributed by atoms with Gasteiger partial charge in [0.15, 0.2) is 0 Å². The third-order valence-corrected chi connectivity index (χ3v) is 7.45. The number of carbonyl (C=O) groups is 1. The van der Waals surface area contributed by atoms with Gasteiger partial charge in [0.1, 0.15) is 5.75 Å². The molecule has 1 atom stereocenters. The predicted molar refractivity (Wildman–Crippen MR) is 156 cm³/mol. The summed E-state index contributed by atoms with van der Waals surface area (Å²) in [5.74, 6) is -0.587. The van der Waals surface area contributed by atoms with Gasteiger partial charge in [0, 0.05) is 31.1 Å². The largest absolute Gasteiger partial charge is 0.492 e. The Hall–Kier alpha value is -3.31. The minimum atomic E-state index is -3.87. The van der Waals surface area contributed by atoms with Crippen LogP contribution < -0.4 is 14.8 Å². The first-order chi connectivity index (χ1) is 19.2. The number of ether oxygens (including phenoxy) is 1. The van der Waals surface area contributed by atoms with Crippen molar-refractivity contribution in [1.29, 1.82) is 0 Å². The molecule has 9 nitrogen and oxygen atoms in total. The van der Waals surface area contributed by atoms with Crippen molar-refractivity contribution in [2.75, 3.05) is 32.1 Å². The van der Waals surface area contributed by atoms with E-state index < -0.39 is 22.0 Å². The summed E-state index contributed by atoms with van der Waals surface area (Å²) in [6.07, 6.45) is 4.59. The molecule has 3 aromatic rings. The predicted octanol–water partition coefficient (Wildman–Crippen LogP) is 3.48. The Morgan fingerprint density at radius 2 is 1.80 bits per heavy atom. The lowest BCUT2D eigenvalue weighted by molar-refractivity contribution is 0.0976. The molecule has 0 fully saturated rings. The molecule has 0 aliphatic carbocycles. The SMILES string of the molecule is CC(C)COc1cc(-c2ccc(CCCNC[C@@H](O)c3cccnc3)cc2)ccc1C(=O)NS(=O)(=O)CCCO. The number of hydrogen-bond acceptors (Lipinski definition) is 8. The van der Waals surface area contributed by atoms with Crippen molar-refractivity contribution in [2.45, 2.75) is 39.2 Å². The van der Waals surface area contributed by atoms with E-state index in [1.165, 1.54) is 5.56 Å². The van der Waals surface area contributed by atoms with Crippen LogP contribution in [-0.4, -0.2) is 61.6 Å². The van der Waals surface area contributed by atoms with Crippen LogP contribution in [0, 0.1) is 5.92 Å². The van der Waals surface area contributed by atoms with E-state index in [1.807, 2.05) is 38.1 Å². The zero-order chi connectivity index (χ0) is 29.0. The molecule has 1 amide bonds. The Bertz CT molecular complexity index is 1320. The Morgan fingerprint density at radius 3 is 2.48 bits per heavy atom. The number of aliphatic hydroxyl groups excluding tert-OH is 2. The number of aliphatic hydroxyl groups is 2. The highest BCUT2D eigenvalue weighted by molar-refractivity contribution is 7.90. The third-order valence-electron chi connectivity index (χ3n) is 6.13. The molecule has 3 rings (SSSR count). The molecule has 0 unspecified atom stereocenters. The molecule has 1 heterocycles. The number of rotatable bonds is 16. The molecule has 0 radical (unpaired) electrons. The average molecular weight is 570 g/mol. The van der Waals surface area contributed by atoms with Crippen molar-refractivity contribution < 1.29 is 28.2 Å². The third kappa shape index (κ3) is 10.0. The summed E-state index contributed by atoms with van der Waals surface area (Å²) in [6.45, 7) is 5.30. The lowest BCUT2D eigenvalue weighted by atomic mass is 10.00. The highest BCUT2D eigenvalue weighted by Gasteiger charge is 2.20. The molecule has 0 spiro atoms. The molecule has 1 aromatic heterocycles. The van der Waals surface area contributed by atoms with Crippen LogP contribution in [-0.2, 0) is 16.4 Å². The van der Waals surface area contributed by atoms with Gasteiger partial charge in [-0.2, -0.15) is 0 Å². The number of aryl methyl sites for hydroxylation is 1. The Morgan fingerprint density at radius 1 is 1.05 bits per heavy atom. The highest BCUT2D eigenvalue weighted by atomic mass is 32.2. The number of pyridine rings is 1. The first-order valence-electron chi connectivity index (χ1n) is 13.5. The molecule has 0 aliphatic heterocycles. The first kappa shape index (κ1) is 31.2. The van der Waals surface area contributed by atoms with Crippen molar-refractivity contribution in [1.82, 2.24) is 15.0 Å². The summed E-state index contributed by atoms with van der Waals surface area (Å²) in [6, 6.07) is 16.9. The van der Waals surface area contributed by atoms with E-state index in [9.17, 15) is 18.3 Å². The lowest BCUT2D eigenvalue weighted by Crippen LogP contribution is -2.33. The molecule has 216 valence electrons. The van der Waals surface area contributed by atoms with Gasteiger partial charge in [-0.1, -0.05) is 50.2 Å². The molecular weight excluding hydrogens is 530 g/mol. The van der Waals surface area contributed by atoms with E-state index in [-0.39, 0.29) is 30.3 Å². The van der Waals surface area contributed by atoms with Crippen LogP contribution in [0.15, 0.2) is 67.0 Å². The molecule has 40 heavy (non-hydrogen) atoms. The van der Waals surface area contributed by atoms with E-state index >= 15 is 0 Å². The van der Waals surface area contributed by atoms with Crippen LogP contribution in [0.1, 0.15) is 54.3 Å². The van der Waals surface area contributed by atoms with Gasteiger partial charge in [-0.05, 0) is 66.6 Å². The minimum absolute atomic E-state index is 0.0417. The number of sulfonamides is 1. The lowest BCUT2D eigenvalue weighted by Gasteiger charge is -2.15. The number of hydrogen-bond donors (Lipinski definition) is 4. The second-order valence-electron chi connectivity index (χ2n) is 10.0. The van der Waals surface area contributed by atoms with Crippen LogP contribution in [0.5, 0.6) is 5.75 Å². The van der Waals surface area contributed by atoms with Crippen LogP contribution in [0.25, 0.3) is 11.1 Å². The van der Waals surface area contributed by atoms with E-state index in [4.69, 9.17) is 9.84 Å². The van der Waals surface area contributed by atoms with Crippen molar-refractivity contribution in [2.24, 2.45) is 5.92 Å². The molecule has 4 N–H and O–H groups in total. The molecule has 2 aromatic carbocycles.